The quantitative estimate of drug-likeness (QED) is 0.631. The van der Waals surface area contributed by atoms with E-state index in [4.69, 9.17) is 14.9 Å². The lowest BCUT2D eigenvalue weighted by Gasteiger charge is -2.31. The first-order chi connectivity index (χ1) is 15.0. The molecular weight excluding hydrogens is 394 g/mol. The van der Waals surface area contributed by atoms with Gasteiger partial charge in [-0.3, -0.25) is 9.59 Å². The summed E-state index contributed by atoms with van der Waals surface area (Å²) in [7, 11) is 1.63. The van der Waals surface area contributed by atoms with Gasteiger partial charge in [0.1, 0.15) is 5.75 Å². The summed E-state index contributed by atoms with van der Waals surface area (Å²) in [4.78, 5) is 26.2. The molecule has 0 bridgehead atoms. The lowest BCUT2D eigenvalue weighted by molar-refractivity contribution is -0.137. The number of piperidine rings is 1. The van der Waals surface area contributed by atoms with Crippen molar-refractivity contribution in [3.05, 3.63) is 70.1 Å². The van der Waals surface area contributed by atoms with E-state index in [1.165, 1.54) is 0 Å². The number of aromatic nitrogens is 2. The average Bonchev–Trinajstić information content (AvgIpc) is 2.80. The molecule has 0 radical (unpaired) electrons. The van der Waals surface area contributed by atoms with Crippen LogP contribution in [0.1, 0.15) is 36.4 Å². The summed E-state index contributed by atoms with van der Waals surface area (Å²) in [5.41, 5.74) is 1.86. The predicted octanol–water partition coefficient (Wildman–Crippen LogP) is 3.11. The van der Waals surface area contributed by atoms with E-state index < -0.39 is 5.97 Å². The molecule has 4 rings (SSSR count). The van der Waals surface area contributed by atoms with Crippen LogP contribution in [0.25, 0.3) is 10.8 Å². The second-order valence-corrected chi connectivity index (χ2v) is 8.00. The zero-order valence-electron chi connectivity index (χ0n) is 17.7. The first-order valence-corrected chi connectivity index (χ1v) is 10.6. The first kappa shape index (κ1) is 21.1. The number of nitrogens with zero attached hydrogens (tertiary/aromatic N) is 3. The van der Waals surface area contributed by atoms with E-state index in [9.17, 15) is 9.59 Å². The maximum atomic E-state index is 13.1. The maximum absolute atomic E-state index is 13.1. The van der Waals surface area contributed by atoms with Gasteiger partial charge in [0.05, 0.1) is 31.2 Å². The molecule has 1 N–H and O–H groups in total. The van der Waals surface area contributed by atoms with Crippen molar-refractivity contribution in [1.82, 2.24) is 14.7 Å². The Labute approximate surface area is 180 Å². The van der Waals surface area contributed by atoms with Gasteiger partial charge in [0.2, 0.25) is 0 Å². The molecule has 31 heavy (non-hydrogen) atoms. The van der Waals surface area contributed by atoms with Crippen molar-refractivity contribution in [3.63, 3.8) is 0 Å². The minimum atomic E-state index is -0.764. The number of fused-ring (bicyclic) bond motifs is 1. The third kappa shape index (κ3) is 4.77. The molecule has 0 amide bonds. The Morgan fingerprint density at radius 2 is 1.77 bits per heavy atom. The van der Waals surface area contributed by atoms with Crippen molar-refractivity contribution in [1.29, 1.82) is 0 Å². The number of likely N-dealkylation sites (tertiary alicyclic amines) is 1. The molecule has 0 saturated carbocycles. The van der Waals surface area contributed by atoms with Crippen molar-refractivity contribution in [3.8, 4) is 5.75 Å². The van der Waals surface area contributed by atoms with Crippen LogP contribution in [0.5, 0.6) is 5.75 Å². The molecule has 2 aromatic carbocycles. The van der Waals surface area contributed by atoms with Gasteiger partial charge in [-0.25, -0.2) is 4.68 Å². The van der Waals surface area contributed by atoms with Crippen LogP contribution in [-0.2, 0) is 11.3 Å². The summed E-state index contributed by atoms with van der Waals surface area (Å²) in [6, 6.07) is 15.3. The van der Waals surface area contributed by atoms with Gasteiger partial charge in [-0.1, -0.05) is 30.3 Å². The summed E-state index contributed by atoms with van der Waals surface area (Å²) < 4.78 is 6.78. The van der Waals surface area contributed by atoms with Gasteiger partial charge in [-0.2, -0.15) is 5.10 Å². The molecule has 7 nitrogen and oxygen atoms in total. The largest absolute Gasteiger partial charge is 0.497 e. The van der Waals surface area contributed by atoms with E-state index in [0.717, 1.165) is 48.3 Å². The van der Waals surface area contributed by atoms with Crippen molar-refractivity contribution in [2.45, 2.75) is 31.7 Å². The summed E-state index contributed by atoms with van der Waals surface area (Å²) >= 11 is 0. The first-order valence-electron chi connectivity index (χ1n) is 10.6. The fourth-order valence-corrected chi connectivity index (χ4v) is 4.26. The second-order valence-electron chi connectivity index (χ2n) is 8.00. The van der Waals surface area contributed by atoms with Crippen LogP contribution in [0.4, 0.5) is 0 Å². The Bertz CT molecular complexity index is 1120. The number of rotatable bonds is 7. The predicted molar refractivity (Wildman–Crippen MR) is 119 cm³/mol. The van der Waals surface area contributed by atoms with Crippen LogP contribution in [0.2, 0.25) is 0 Å². The van der Waals surface area contributed by atoms with Gasteiger partial charge in [-0.15, -0.1) is 0 Å². The number of hydrogen-bond acceptors (Lipinski definition) is 5. The topological polar surface area (TPSA) is 84.7 Å². The molecule has 1 aliphatic rings. The average molecular weight is 421 g/mol. The normalized spacial score (nSPS) is 15.3. The third-order valence-electron chi connectivity index (χ3n) is 6.00. The van der Waals surface area contributed by atoms with Crippen molar-refractivity contribution in [2.75, 3.05) is 26.7 Å². The Morgan fingerprint density at radius 1 is 1.10 bits per heavy atom. The van der Waals surface area contributed by atoms with E-state index in [1.54, 1.807) is 11.8 Å². The van der Waals surface area contributed by atoms with Crippen molar-refractivity contribution in [2.24, 2.45) is 0 Å². The smallest absolute Gasteiger partial charge is 0.304 e. The molecule has 0 unspecified atom stereocenters. The highest BCUT2D eigenvalue weighted by Crippen LogP contribution is 2.30. The van der Waals surface area contributed by atoms with Crippen LogP contribution >= 0.6 is 0 Å². The summed E-state index contributed by atoms with van der Waals surface area (Å²) in [5, 5.41) is 15.4. The molecule has 1 fully saturated rings. The van der Waals surface area contributed by atoms with Gasteiger partial charge < -0.3 is 14.7 Å². The lowest BCUT2D eigenvalue weighted by Crippen LogP contribution is -2.35. The fraction of sp³-hybridized carbons (Fsp3) is 0.375. The third-order valence-corrected chi connectivity index (χ3v) is 6.00. The molecule has 162 valence electrons. The standard InChI is InChI=1S/C24H27N3O4/c1-31-19-8-6-17(7-9-19)16-27-24(30)21-5-3-2-4-20(21)23(25-27)18-10-13-26(14-11-18)15-12-22(28)29/h2-9,18H,10-16H2,1H3,(H,28,29). The van der Waals surface area contributed by atoms with E-state index >= 15 is 0 Å². The van der Waals surface area contributed by atoms with Crippen LogP contribution in [0, 0.1) is 0 Å². The Kier molecular flexibility index (Phi) is 6.32. The molecule has 0 aliphatic carbocycles. The SMILES string of the molecule is COc1ccc(Cn2nc(C3CCN(CCC(=O)O)CC3)c3ccccc3c2=O)cc1. The van der Waals surface area contributed by atoms with E-state index in [2.05, 4.69) is 4.90 Å². The number of carbonyl (C=O) groups is 1. The Hall–Kier alpha value is -3.19. The number of carboxylic acid groups (broad SMARTS) is 1. The van der Waals surface area contributed by atoms with Gasteiger partial charge in [0, 0.05) is 17.8 Å². The number of ether oxygens (including phenoxy) is 1. The monoisotopic (exact) mass is 421 g/mol. The van der Waals surface area contributed by atoms with Crippen molar-refractivity contribution >= 4 is 16.7 Å². The van der Waals surface area contributed by atoms with Crippen molar-refractivity contribution < 1.29 is 14.6 Å². The van der Waals surface area contributed by atoms with Crippen LogP contribution in [0.15, 0.2) is 53.3 Å². The molecule has 1 aliphatic heterocycles. The fourth-order valence-electron chi connectivity index (χ4n) is 4.26. The Balaban J connectivity index is 1.61. The van der Waals surface area contributed by atoms with Crippen LogP contribution in [-0.4, -0.2) is 52.5 Å². The second kappa shape index (κ2) is 9.31. The molecule has 1 aromatic heterocycles. The molecular formula is C24H27N3O4. The van der Waals surface area contributed by atoms with Crippen LogP contribution in [0.3, 0.4) is 0 Å². The Morgan fingerprint density at radius 3 is 2.42 bits per heavy atom. The number of hydrogen-bond donors (Lipinski definition) is 1. The van der Waals surface area contributed by atoms with Crippen LogP contribution < -0.4 is 10.3 Å². The van der Waals surface area contributed by atoms with Gasteiger partial charge >= 0.3 is 5.97 Å². The number of carboxylic acids is 1. The summed E-state index contributed by atoms with van der Waals surface area (Å²) in [6.07, 6.45) is 1.97. The maximum Gasteiger partial charge on any atom is 0.304 e. The van der Waals surface area contributed by atoms with Gasteiger partial charge in [0.15, 0.2) is 0 Å². The molecule has 0 spiro atoms. The highest BCUT2D eigenvalue weighted by atomic mass is 16.5. The zero-order valence-corrected chi connectivity index (χ0v) is 17.7. The van der Waals surface area contributed by atoms with E-state index in [-0.39, 0.29) is 17.9 Å². The van der Waals surface area contributed by atoms with Gasteiger partial charge in [-0.05, 0) is 49.7 Å². The minimum Gasteiger partial charge on any atom is -0.497 e. The molecule has 0 atom stereocenters. The van der Waals surface area contributed by atoms with Gasteiger partial charge in [0.25, 0.3) is 5.56 Å². The summed E-state index contributed by atoms with van der Waals surface area (Å²) in [6.45, 7) is 2.66. The van der Waals surface area contributed by atoms with E-state index in [1.807, 2.05) is 48.5 Å². The van der Waals surface area contributed by atoms with E-state index in [0.29, 0.717) is 18.5 Å². The molecule has 7 heteroatoms. The number of aliphatic carboxylic acids is 1. The molecule has 1 saturated heterocycles. The highest BCUT2D eigenvalue weighted by Gasteiger charge is 2.25. The zero-order chi connectivity index (χ0) is 21.8. The number of methoxy groups -OCH3 is 1. The molecule has 3 aromatic rings. The number of benzene rings is 2. The highest BCUT2D eigenvalue weighted by molar-refractivity contribution is 5.84. The molecule has 2 heterocycles. The minimum absolute atomic E-state index is 0.0888. The summed E-state index contributed by atoms with van der Waals surface area (Å²) in [5.74, 6) is 0.256. The lowest BCUT2D eigenvalue weighted by atomic mass is 9.90.